The van der Waals surface area contributed by atoms with E-state index in [4.69, 9.17) is 14.6 Å². The van der Waals surface area contributed by atoms with Gasteiger partial charge in [0.15, 0.2) is 0 Å². The van der Waals surface area contributed by atoms with E-state index >= 15 is 0 Å². The molecule has 27 heavy (non-hydrogen) atoms. The number of amides is 1. The van der Waals surface area contributed by atoms with Gasteiger partial charge in [-0.05, 0) is 38.3 Å². The van der Waals surface area contributed by atoms with E-state index in [2.05, 4.69) is 10.3 Å². The lowest BCUT2D eigenvalue weighted by molar-refractivity contribution is -0.121. The Morgan fingerprint density at radius 1 is 1.30 bits per heavy atom. The summed E-state index contributed by atoms with van der Waals surface area (Å²) in [6, 6.07) is 5.29. The smallest absolute Gasteiger partial charge is 0.347 e. The molecule has 1 amide bonds. The van der Waals surface area contributed by atoms with Gasteiger partial charge >= 0.3 is 5.97 Å². The highest BCUT2D eigenvalue weighted by Gasteiger charge is 2.19. The van der Waals surface area contributed by atoms with Gasteiger partial charge in [0.05, 0.1) is 26.0 Å². The molecule has 1 heterocycles. The average molecular weight is 392 g/mol. The number of aromatic nitrogens is 1. The third-order valence-corrected chi connectivity index (χ3v) is 5.43. The largest absolute Gasteiger partial charge is 0.497 e. The van der Waals surface area contributed by atoms with Crippen LogP contribution in [0.25, 0.3) is 0 Å². The monoisotopic (exact) mass is 392 g/mol. The number of methoxy groups -OCH3 is 2. The van der Waals surface area contributed by atoms with Crippen LogP contribution in [0.3, 0.4) is 0 Å². The molecular formula is C19H24N2O5S. The number of carboxylic acid groups (broad SMARTS) is 1. The first-order valence-corrected chi connectivity index (χ1v) is 9.38. The molecule has 0 radical (unpaired) electrons. The van der Waals surface area contributed by atoms with Gasteiger partial charge in [0.25, 0.3) is 0 Å². The second-order valence-electron chi connectivity index (χ2n) is 6.09. The Bertz CT molecular complexity index is 818. The van der Waals surface area contributed by atoms with Gasteiger partial charge in [-0.2, -0.15) is 0 Å². The highest BCUT2D eigenvalue weighted by molar-refractivity contribution is 7.13. The first-order chi connectivity index (χ1) is 12.8. The minimum absolute atomic E-state index is 0.0975. The molecule has 0 fully saturated rings. The van der Waals surface area contributed by atoms with Crippen LogP contribution in [0.4, 0.5) is 0 Å². The van der Waals surface area contributed by atoms with E-state index in [1.54, 1.807) is 28.1 Å². The fraction of sp³-hybridized carbons (Fsp3) is 0.421. The van der Waals surface area contributed by atoms with Gasteiger partial charge in [0.1, 0.15) is 21.4 Å². The molecule has 0 spiro atoms. The fourth-order valence-electron chi connectivity index (χ4n) is 2.67. The van der Waals surface area contributed by atoms with Crippen LogP contribution >= 0.6 is 11.3 Å². The van der Waals surface area contributed by atoms with Crippen molar-refractivity contribution in [2.75, 3.05) is 14.2 Å². The Morgan fingerprint density at radius 3 is 2.63 bits per heavy atom. The standard InChI is InChI=1S/C19H24N2O5S/c1-11-17(19(23)24)27-18(21-11)12(2)20-16(22)7-5-6-13-8-9-14(25-3)10-15(13)26-4/h8-10,12H,5-7H2,1-4H3,(H,20,22)(H,23,24). The van der Waals surface area contributed by atoms with Crippen LogP contribution in [0.5, 0.6) is 11.5 Å². The predicted octanol–water partition coefficient (Wildman–Crippen LogP) is 3.37. The molecule has 146 valence electrons. The Kier molecular flexibility index (Phi) is 7.18. The minimum Gasteiger partial charge on any atom is -0.497 e. The second-order valence-corrected chi connectivity index (χ2v) is 7.12. The highest BCUT2D eigenvalue weighted by Crippen LogP contribution is 2.26. The van der Waals surface area contributed by atoms with Gasteiger partial charge < -0.3 is 19.9 Å². The number of carboxylic acids is 1. The molecule has 1 aromatic carbocycles. The van der Waals surface area contributed by atoms with Crippen LogP contribution in [0.15, 0.2) is 18.2 Å². The summed E-state index contributed by atoms with van der Waals surface area (Å²) in [6.45, 7) is 3.45. The number of carbonyl (C=O) groups is 2. The lowest BCUT2D eigenvalue weighted by atomic mass is 10.1. The molecule has 7 nitrogen and oxygen atoms in total. The van der Waals surface area contributed by atoms with Crippen molar-refractivity contribution in [1.82, 2.24) is 10.3 Å². The van der Waals surface area contributed by atoms with E-state index in [-0.39, 0.29) is 16.8 Å². The van der Waals surface area contributed by atoms with E-state index in [1.807, 2.05) is 18.2 Å². The zero-order valence-corrected chi connectivity index (χ0v) is 16.7. The van der Waals surface area contributed by atoms with Gasteiger partial charge in [-0.15, -0.1) is 11.3 Å². The van der Waals surface area contributed by atoms with Crippen molar-refractivity contribution in [3.63, 3.8) is 0 Å². The van der Waals surface area contributed by atoms with Crippen LogP contribution in [0.1, 0.15) is 51.7 Å². The van der Waals surface area contributed by atoms with E-state index < -0.39 is 5.97 Å². The van der Waals surface area contributed by atoms with E-state index in [9.17, 15) is 9.59 Å². The molecule has 2 rings (SSSR count). The number of nitrogens with zero attached hydrogens (tertiary/aromatic N) is 1. The zero-order chi connectivity index (χ0) is 20.0. The Morgan fingerprint density at radius 2 is 2.04 bits per heavy atom. The molecule has 1 unspecified atom stereocenters. The number of hydrogen-bond donors (Lipinski definition) is 2. The fourth-order valence-corrected chi connectivity index (χ4v) is 3.58. The number of aromatic carboxylic acids is 1. The van der Waals surface area contributed by atoms with Crippen molar-refractivity contribution < 1.29 is 24.2 Å². The number of benzene rings is 1. The maximum absolute atomic E-state index is 12.2. The number of thiazole rings is 1. The molecule has 0 aliphatic rings. The van der Waals surface area contributed by atoms with Gasteiger partial charge in [0.2, 0.25) is 5.91 Å². The second kappa shape index (κ2) is 9.36. The van der Waals surface area contributed by atoms with Crippen LogP contribution in [-0.2, 0) is 11.2 Å². The SMILES string of the molecule is COc1ccc(CCCC(=O)NC(C)c2nc(C)c(C(=O)O)s2)c(OC)c1. The van der Waals surface area contributed by atoms with Gasteiger partial charge in [-0.3, -0.25) is 4.79 Å². The highest BCUT2D eigenvalue weighted by atomic mass is 32.1. The molecule has 0 aliphatic heterocycles. The number of hydrogen-bond acceptors (Lipinski definition) is 6. The third kappa shape index (κ3) is 5.43. The van der Waals surface area contributed by atoms with Crippen LogP contribution < -0.4 is 14.8 Å². The summed E-state index contributed by atoms with van der Waals surface area (Å²) in [6.07, 6.45) is 1.72. The summed E-state index contributed by atoms with van der Waals surface area (Å²) in [4.78, 5) is 27.8. The summed E-state index contributed by atoms with van der Waals surface area (Å²) >= 11 is 1.09. The molecular weight excluding hydrogens is 368 g/mol. The Labute approximate surface area is 162 Å². The van der Waals surface area contributed by atoms with Crippen molar-refractivity contribution in [3.05, 3.63) is 39.3 Å². The first-order valence-electron chi connectivity index (χ1n) is 8.56. The summed E-state index contributed by atoms with van der Waals surface area (Å²) < 4.78 is 10.5. The molecule has 0 bridgehead atoms. The molecule has 1 atom stereocenters. The first kappa shape index (κ1) is 20.7. The van der Waals surface area contributed by atoms with Gasteiger partial charge in [-0.1, -0.05) is 6.07 Å². The number of carbonyl (C=O) groups excluding carboxylic acids is 1. The number of nitrogens with one attached hydrogen (secondary N) is 1. The molecule has 2 aromatic rings. The summed E-state index contributed by atoms with van der Waals surface area (Å²) in [7, 11) is 3.21. The quantitative estimate of drug-likeness (QED) is 0.679. The molecule has 2 N–H and O–H groups in total. The van der Waals surface area contributed by atoms with Crippen molar-refractivity contribution in [3.8, 4) is 11.5 Å². The molecule has 0 saturated heterocycles. The number of rotatable bonds is 9. The molecule has 8 heteroatoms. The minimum atomic E-state index is -0.997. The number of aryl methyl sites for hydroxylation is 2. The van der Waals surface area contributed by atoms with Crippen molar-refractivity contribution in [2.24, 2.45) is 0 Å². The van der Waals surface area contributed by atoms with Crippen LogP contribution in [0.2, 0.25) is 0 Å². The lowest BCUT2D eigenvalue weighted by Crippen LogP contribution is -2.26. The maximum atomic E-state index is 12.2. The van der Waals surface area contributed by atoms with Crippen molar-refractivity contribution >= 4 is 23.2 Å². The van der Waals surface area contributed by atoms with Gasteiger partial charge in [-0.25, -0.2) is 9.78 Å². The third-order valence-electron chi connectivity index (χ3n) is 4.10. The average Bonchev–Trinajstić information content (AvgIpc) is 3.04. The normalized spacial score (nSPS) is 11.7. The van der Waals surface area contributed by atoms with Crippen LogP contribution in [-0.4, -0.2) is 36.2 Å². The van der Waals surface area contributed by atoms with E-state index in [0.717, 1.165) is 28.4 Å². The summed E-state index contributed by atoms with van der Waals surface area (Å²) in [5, 5.41) is 12.6. The maximum Gasteiger partial charge on any atom is 0.347 e. The summed E-state index contributed by atoms with van der Waals surface area (Å²) in [5.41, 5.74) is 1.48. The van der Waals surface area contributed by atoms with E-state index in [0.29, 0.717) is 30.0 Å². The Hall–Kier alpha value is -2.61. The van der Waals surface area contributed by atoms with E-state index in [1.165, 1.54) is 0 Å². The molecule has 1 aromatic heterocycles. The van der Waals surface area contributed by atoms with Gasteiger partial charge in [0, 0.05) is 12.5 Å². The van der Waals surface area contributed by atoms with Crippen molar-refractivity contribution in [1.29, 1.82) is 0 Å². The lowest BCUT2D eigenvalue weighted by Gasteiger charge is -2.12. The molecule has 0 aliphatic carbocycles. The summed E-state index contributed by atoms with van der Waals surface area (Å²) in [5.74, 6) is 0.368. The van der Waals surface area contributed by atoms with Crippen molar-refractivity contribution in [2.45, 2.75) is 39.2 Å². The number of ether oxygens (including phenoxy) is 2. The predicted molar refractivity (Wildman–Crippen MR) is 103 cm³/mol. The Balaban J connectivity index is 1.87. The zero-order valence-electron chi connectivity index (χ0n) is 15.9. The molecule has 0 saturated carbocycles. The van der Waals surface area contributed by atoms with Crippen LogP contribution in [0, 0.1) is 6.92 Å². The topological polar surface area (TPSA) is 97.8 Å².